The highest BCUT2D eigenvalue weighted by Gasteiger charge is 2.33. The van der Waals surface area contributed by atoms with E-state index < -0.39 is 0 Å². The Morgan fingerprint density at radius 2 is 2.16 bits per heavy atom. The van der Waals surface area contributed by atoms with Crippen LogP contribution in [0.25, 0.3) is 0 Å². The summed E-state index contributed by atoms with van der Waals surface area (Å²) in [6.45, 7) is 5.55. The molecule has 108 valence electrons. The lowest BCUT2D eigenvalue weighted by molar-refractivity contribution is 0.109. The van der Waals surface area contributed by atoms with Gasteiger partial charge in [-0.3, -0.25) is 0 Å². The van der Waals surface area contributed by atoms with Crippen LogP contribution in [0.4, 0.5) is 0 Å². The molecule has 1 aliphatic rings. The summed E-state index contributed by atoms with van der Waals surface area (Å²) in [5, 5.41) is 2.17. The van der Waals surface area contributed by atoms with Crippen LogP contribution in [-0.2, 0) is 6.42 Å². The SMILES string of the molecule is CC1CCC(CN)(CN(C)CCc2cccs2)CC1. The summed E-state index contributed by atoms with van der Waals surface area (Å²) in [6.07, 6.45) is 6.51. The molecular formula is C16H28N2S. The molecule has 1 aliphatic carbocycles. The van der Waals surface area contributed by atoms with Gasteiger partial charge in [0, 0.05) is 18.0 Å². The molecule has 0 saturated heterocycles. The Morgan fingerprint density at radius 1 is 1.42 bits per heavy atom. The second kappa shape index (κ2) is 6.87. The molecule has 3 heteroatoms. The van der Waals surface area contributed by atoms with E-state index in [2.05, 4.69) is 36.4 Å². The van der Waals surface area contributed by atoms with Crippen molar-refractivity contribution < 1.29 is 0 Å². The van der Waals surface area contributed by atoms with E-state index in [1.165, 1.54) is 43.5 Å². The van der Waals surface area contributed by atoms with Crippen LogP contribution in [-0.4, -0.2) is 31.6 Å². The van der Waals surface area contributed by atoms with Crippen molar-refractivity contribution in [2.24, 2.45) is 17.1 Å². The summed E-state index contributed by atoms with van der Waals surface area (Å²) in [6, 6.07) is 4.38. The van der Waals surface area contributed by atoms with Gasteiger partial charge in [-0.05, 0) is 55.6 Å². The zero-order valence-electron chi connectivity index (χ0n) is 12.4. The van der Waals surface area contributed by atoms with E-state index in [0.717, 1.165) is 19.0 Å². The Bertz CT molecular complexity index is 353. The van der Waals surface area contributed by atoms with Crippen LogP contribution < -0.4 is 5.73 Å². The first-order chi connectivity index (χ1) is 9.13. The van der Waals surface area contributed by atoms with Crippen molar-refractivity contribution in [3.8, 4) is 0 Å². The maximum atomic E-state index is 6.10. The fourth-order valence-corrected chi connectivity index (χ4v) is 3.91. The van der Waals surface area contributed by atoms with Crippen molar-refractivity contribution in [1.29, 1.82) is 0 Å². The largest absolute Gasteiger partial charge is 0.330 e. The fraction of sp³-hybridized carbons (Fsp3) is 0.750. The molecule has 1 fully saturated rings. The first kappa shape index (κ1) is 15.0. The molecule has 2 nitrogen and oxygen atoms in total. The molecule has 0 amide bonds. The number of hydrogen-bond acceptors (Lipinski definition) is 3. The number of likely N-dealkylation sites (N-methyl/N-ethyl adjacent to an activating group) is 1. The molecule has 0 aliphatic heterocycles. The molecule has 1 aromatic heterocycles. The van der Waals surface area contributed by atoms with Crippen LogP contribution in [0, 0.1) is 11.3 Å². The molecule has 1 heterocycles. The van der Waals surface area contributed by atoms with Gasteiger partial charge in [0.25, 0.3) is 0 Å². The van der Waals surface area contributed by atoms with Gasteiger partial charge >= 0.3 is 0 Å². The molecule has 19 heavy (non-hydrogen) atoms. The maximum Gasteiger partial charge on any atom is 0.00579 e. The van der Waals surface area contributed by atoms with E-state index in [1.54, 1.807) is 0 Å². The number of rotatable bonds is 6. The van der Waals surface area contributed by atoms with Gasteiger partial charge in [-0.25, -0.2) is 0 Å². The van der Waals surface area contributed by atoms with Crippen molar-refractivity contribution in [1.82, 2.24) is 4.90 Å². The van der Waals surface area contributed by atoms with Crippen molar-refractivity contribution in [2.75, 3.05) is 26.7 Å². The number of nitrogens with zero attached hydrogens (tertiary/aromatic N) is 1. The van der Waals surface area contributed by atoms with E-state index in [1.807, 2.05) is 11.3 Å². The van der Waals surface area contributed by atoms with Gasteiger partial charge in [0.05, 0.1) is 0 Å². The zero-order valence-corrected chi connectivity index (χ0v) is 13.2. The Labute approximate surface area is 122 Å². The van der Waals surface area contributed by atoms with Gasteiger partial charge in [-0.2, -0.15) is 0 Å². The molecule has 0 radical (unpaired) electrons. The summed E-state index contributed by atoms with van der Waals surface area (Å²) in [5.74, 6) is 0.899. The van der Waals surface area contributed by atoms with E-state index in [-0.39, 0.29) is 0 Å². The van der Waals surface area contributed by atoms with Crippen molar-refractivity contribution in [3.63, 3.8) is 0 Å². The van der Waals surface area contributed by atoms with Crippen LogP contribution in [0.5, 0.6) is 0 Å². The highest BCUT2D eigenvalue weighted by Crippen LogP contribution is 2.38. The molecule has 0 bridgehead atoms. The predicted molar refractivity (Wildman–Crippen MR) is 84.6 cm³/mol. The van der Waals surface area contributed by atoms with E-state index in [0.29, 0.717) is 5.41 Å². The highest BCUT2D eigenvalue weighted by atomic mass is 32.1. The molecule has 0 aromatic carbocycles. The Morgan fingerprint density at radius 3 is 2.74 bits per heavy atom. The quantitative estimate of drug-likeness (QED) is 0.865. The minimum atomic E-state index is 0.386. The Kier molecular flexibility index (Phi) is 5.43. The van der Waals surface area contributed by atoms with Crippen molar-refractivity contribution >= 4 is 11.3 Å². The van der Waals surface area contributed by atoms with Crippen LogP contribution in [0.15, 0.2) is 17.5 Å². The van der Waals surface area contributed by atoms with Gasteiger partial charge in [-0.15, -0.1) is 11.3 Å². The topological polar surface area (TPSA) is 29.3 Å². The summed E-state index contributed by atoms with van der Waals surface area (Å²) < 4.78 is 0. The first-order valence-electron chi connectivity index (χ1n) is 7.54. The second-order valence-electron chi connectivity index (χ2n) is 6.45. The fourth-order valence-electron chi connectivity index (χ4n) is 3.21. The molecule has 0 spiro atoms. The molecule has 2 rings (SSSR count). The average Bonchev–Trinajstić information content (AvgIpc) is 2.93. The third-order valence-corrected chi connectivity index (χ3v) is 5.63. The predicted octanol–water partition coefficient (Wildman–Crippen LogP) is 3.38. The molecular weight excluding hydrogens is 252 g/mol. The van der Waals surface area contributed by atoms with E-state index in [9.17, 15) is 0 Å². The molecule has 0 unspecified atom stereocenters. The normalized spacial score (nSPS) is 27.9. The summed E-state index contributed by atoms with van der Waals surface area (Å²) in [7, 11) is 2.25. The van der Waals surface area contributed by atoms with Crippen LogP contribution >= 0.6 is 11.3 Å². The van der Waals surface area contributed by atoms with Gasteiger partial charge < -0.3 is 10.6 Å². The minimum Gasteiger partial charge on any atom is -0.330 e. The summed E-state index contributed by atoms with van der Waals surface area (Å²) >= 11 is 1.86. The second-order valence-corrected chi connectivity index (χ2v) is 7.49. The summed E-state index contributed by atoms with van der Waals surface area (Å²) in [4.78, 5) is 3.98. The first-order valence-corrected chi connectivity index (χ1v) is 8.42. The van der Waals surface area contributed by atoms with E-state index >= 15 is 0 Å². The number of nitrogens with two attached hydrogens (primary N) is 1. The van der Waals surface area contributed by atoms with Gasteiger partial charge in [0.2, 0.25) is 0 Å². The van der Waals surface area contributed by atoms with Crippen LogP contribution in [0.1, 0.15) is 37.5 Å². The third-order valence-electron chi connectivity index (χ3n) is 4.69. The zero-order chi connectivity index (χ0) is 13.7. The highest BCUT2D eigenvalue weighted by molar-refractivity contribution is 7.09. The van der Waals surface area contributed by atoms with E-state index in [4.69, 9.17) is 5.73 Å². The Hall–Kier alpha value is -0.380. The van der Waals surface area contributed by atoms with Crippen LogP contribution in [0.2, 0.25) is 0 Å². The lowest BCUT2D eigenvalue weighted by Gasteiger charge is -2.41. The summed E-state index contributed by atoms with van der Waals surface area (Å²) in [5.41, 5.74) is 6.48. The van der Waals surface area contributed by atoms with Gasteiger partial charge in [0.1, 0.15) is 0 Å². The van der Waals surface area contributed by atoms with Crippen molar-refractivity contribution in [3.05, 3.63) is 22.4 Å². The van der Waals surface area contributed by atoms with Crippen molar-refractivity contribution in [2.45, 2.75) is 39.0 Å². The molecule has 1 saturated carbocycles. The lowest BCUT2D eigenvalue weighted by atomic mass is 9.70. The Balaban J connectivity index is 1.80. The smallest absolute Gasteiger partial charge is 0.00579 e. The third kappa shape index (κ3) is 4.30. The molecule has 2 N–H and O–H groups in total. The maximum absolute atomic E-state index is 6.10. The number of thiophene rings is 1. The monoisotopic (exact) mass is 280 g/mol. The average molecular weight is 280 g/mol. The minimum absolute atomic E-state index is 0.386. The lowest BCUT2D eigenvalue weighted by Crippen LogP contribution is -2.44. The number of hydrogen-bond donors (Lipinski definition) is 1. The van der Waals surface area contributed by atoms with Gasteiger partial charge in [-0.1, -0.05) is 25.8 Å². The molecule has 1 aromatic rings. The molecule has 0 atom stereocenters. The standard InChI is InChI=1S/C16H28N2S/c1-14-5-8-16(12-17,9-6-14)13-18(2)10-7-15-4-3-11-19-15/h3-4,11,14H,5-10,12-13,17H2,1-2H3. The van der Waals surface area contributed by atoms with Crippen LogP contribution in [0.3, 0.4) is 0 Å². The van der Waals surface area contributed by atoms with Gasteiger partial charge in [0.15, 0.2) is 0 Å².